The third-order valence-electron chi connectivity index (χ3n) is 2.08. The van der Waals surface area contributed by atoms with Crippen molar-refractivity contribution >= 4 is 0 Å². The Morgan fingerprint density at radius 1 is 1.50 bits per heavy atom. The molecule has 0 spiro atoms. The van der Waals surface area contributed by atoms with Crippen LogP contribution < -0.4 is 0 Å². The first-order valence-corrected chi connectivity index (χ1v) is 3.79. The van der Waals surface area contributed by atoms with Gasteiger partial charge in [0, 0.05) is 17.9 Å². The van der Waals surface area contributed by atoms with Gasteiger partial charge < -0.3 is 4.57 Å². The highest BCUT2D eigenvalue weighted by Gasteiger charge is 2.25. The number of aromatic nitrogens is 2. The minimum Gasteiger partial charge on any atom is -0.330 e. The number of nitrogens with zero attached hydrogens (tertiary/aromatic N) is 2. The summed E-state index contributed by atoms with van der Waals surface area (Å²) in [5, 5.41) is 0. The fourth-order valence-corrected chi connectivity index (χ4v) is 1.45. The van der Waals surface area contributed by atoms with E-state index in [0.717, 1.165) is 6.04 Å². The number of hydrogen-bond donors (Lipinski definition) is 0. The van der Waals surface area contributed by atoms with Crippen LogP contribution in [0, 0.1) is 13.8 Å². The van der Waals surface area contributed by atoms with Crippen molar-refractivity contribution in [3.05, 3.63) is 17.7 Å². The predicted molar refractivity (Wildman–Crippen MR) is 40.0 cm³/mol. The molecule has 1 fully saturated rings. The molecular formula is C8H12N2. The van der Waals surface area contributed by atoms with E-state index in [1.807, 2.05) is 6.20 Å². The summed E-state index contributed by atoms with van der Waals surface area (Å²) in [7, 11) is 0. The third-order valence-corrected chi connectivity index (χ3v) is 2.08. The Balaban J connectivity index is 2.44. The lowest BCUT2D eigenvalue weighted by Crippen LogP contribution is -1.98. The fraction of sp³-hybridized carbons (Fsp3) is 0.625. The van der Waals surface area contributed by atoms with Gasteiger partial charge in [0.1, 0.15) is 5.82 Å². The van der Waals surface area contributed by atoms with E-state index >= 15 is 0 Å². The summed E-state index contributed by atoms with van der Waals surface area (Å²) in [6, 6.07) is 0.780. The number of aryl methyl sites for hydroxylation is 2. The van der Waals surface area contributed by atoms with Crippen LogP contribution in [0.15, 0.2) is 6.20 Å². The van der Waals surface area contributed by atoms with E-state index in [2.05, 4.69) is 23.4 Å². The molecule has 1 aliphatic carbocycles. The van der Waals surface area contributed by atoms with Crippen LogP contribution in [-0.4, -0.2) is 9.55 Å². The van der Waals surface area contributed by atoms with Crippen molar-refractivity contribution in [2.75, 3.05) is 0 Å². The number of imidazole rings is 1. The summed E-state index contributed by atoms with van der Waals surface area (Å²) in [5.74, 6) is 1.17. The van der Waals surface area contributed by atoms with Gasteiger partial charge in [0.2, 0.25) is 0 Å². The maximum Gasteiger partial charge on any atom is 0.105 e. The maximum absolute atomic E-state index is 4.24. The zero-order valence-electron chi connectivity index (χ0n) is 6.46. The number of hydrogen-bond acceptors (Lipinski definition) is 1. The van der Waals surface area contributed by atoms with Crippen molar-refractivity contribution in [1.29, 1.82) is 0 Å². The Bertz CT molecular complexity index is 226. The average Bonchev–Trinajstić information content (AvgIpc) is 2.64. The molecule has 1 heterocycles. The largest absolute Gasteiger partial charge is 0.330 e. The Morgan fingerprint density at radius 2 is 2.20 bits per heavy atom. The molecule has 2 nitrogen and oxygen atoms in total. The van der Waals surface area contributed by atoms with Gasteiger partial charge in [-0.3, -0.25) is 0 Å². The molecule has 1 saturated carbocycles. The van der Waals surface area contributed by atoms with Crippen molar-refractivity contribution in [3.8, 4) is 0 Å². The molecule has 0 unspecified atom stereocenters. The standard InChI is InChI=1S/C8H12N2/c1-6-5-9-7(2)10(6)8-3-4-8/h5,8H,3-4H2,1-2H3. The van der Waals surface area contributed by atoms with Crippen LogP contribution in [0.1, 0.15) is 30.4 Å². The zero-order chi connectivity index (χ0) is 7.14. The van der Waals surface area contributed by atoms with E-state index in [-0.39, 0.29) is 0 Å². The van der Waals surface area contributed by atoms with Crippen LogP contribution in [0.5, 0.6) is 0 Å². The first-order valence-electron chi connectivity index (χ1n) is 3.79. The predicted octanol–water partition coefficient (Wildman–Crippen LogP) is 1.83. The van der Waals surface area contributed by atoms with Gasteiger partial charge in [-0.1, -0.05) is 0 Å². The molecule has 10 heavy (non-hydrogen) atoms. The molecule has 0 saturated heterocycles. The summed E-state index contributed by atoms with van der Waals surface area (Å²) in [6.45, 7) is 4.20. The average molecular weight is 136 g/mol. The van der Waals surface area contributed by atoms with Gasteiger partial charge in [-0.2, -0.15) is 0 Å². The quantitative estimate of drug-likeness (QED) is 0.576. The van der Waals surface area contributed by atoms with Crippen LogP contribution >= 0.6 is 0 Å². The second-order valence-electron chi connectivity index (χ2n) is 3.05. The van der Waals surface area contributed by atoms with Gasteiger partial charge in [0.15, 0.2) is 0 Å². The molecule has 2 rings (SSSR count). The minimum absolute atomic E-state index is 0.780. The van der Waals surface area contributed by atoms with Crippen LogP contribution in [0.2, 0.25) is 0 Å². The summed E-state index contributed by atoms with van der Waals surface area (Å²) >= 11 is 0. The molecule has 0 radical (unpaired) electrons. The smallest absolute Gasteiger partial charge is 0.105 e. The summed E-state index contributed by atoms with van der Waals surface area (Å²) < 4.78 is 2.33. The molecule has 1 aliphatic rings. The summed E-state index contributed by atoms with van der Waals surface area (Å²) in [5.41, 5.74) is 1.31. The van der Waals surface area contributed by atoms with E-state index in [1.165, 1.54) is 24.4 Å². The fourth-order valence-electron chi connectivity index (χ4n) is 1.45. The Labute approximate surface area is 60.9 Å². The van der Waals surface area contributed by atoms with Crippen molar-refractivity contribution < 1.29 is 0 Å². The second-order valence-corrected chi connectivity index (χ2v) is 3.05. The molecule has 1 aromatic heterocycles. The minimum atomic E-state index is 0.780. The Kier molecular flexibility index (Phi) is 1.10. The van der Waals surface area contributed by atoms with Gasteiger partial charge in [0.25, 0.3) is 0 Å². The third kappa shape index (κ3) is 0.753. The van der Waals surface area contributed by atoms with Gasteiger partial charge in [-0.25, -0.2) is 4.98 Å². The van der Waals surface area contributed by atoms with Crippen molar-refractivity contribution in [2.45, 2.75) is 32.7 Å². The van der Waals surface area contributed by atoms with Crippen LogP contribution in [0.3, 0.4) is 0 Å². The highest BCUT2D eigenvalue weighted by molar-refractivity contribution is 5.06. The van der Waals surface area contributed by atoms with Gasteiger partial charge in [-0.05, 0) is 26.7 Å². The normalized spacial score (nSPS) is 17.8. The maximum atomic E-state index is 4.24. The van der Waals surface area contributed by atoms with E-state index in [4.69, 9.17) is 0 Å². The molecule has 2 heteroatoms. The monoisotopic (exact) mass is 136 g/mol. The zero-order valence-corrected chi connectivity index (χ0v) is 6.46. The SMILES string of the molecule is Cc1cnc(C)n1C1CC1. The highest BCUT2D eigenvalue weighted by atomic mass is 15.1. The Morgan fingerprint density at radius 3 is 2.60 bits per heavy atom. The Hall–Kier alpha value is -0.790. The van der Waals surface area contributed by atoms with Gasteiger partial charge >= 0.3 is 0 Å². The number of rotatable bonds is 1. The molecule has 1 aromatic rings. The van der Waals surface area contributed by atoms with E-state index in [1.54, 1.807) is 0 Å². The van der Waals surface area contributed by atoms with Crippen LogP contribution in [0.4, 0.5) is 0 Å². The van der Waals surface area contributed by atoms with Crippen LogP contribution in [-0.2, 0) is 0 Å². The highest BCUT2D eigenvalue weighted by Crippen LogP contribution is 2.36. The molecule has 0 aliphatic heterocycles. The molecule has 0 amide bonds. The lowest BCUT2D eigenvalue weighted by molar-refractivity contribution is 0.690. The molecule has 54 valence electrons. The lowest BCUT2D eigenvalue weighted by atomic mass is 10.5. The van der Waals surface area contributed by atoms with E-state index < -0.39 is 0 Å². The summed E-state index contributed by atoms with van der Waals surface area (Å²) in [6.07, 6.45) is 4.64. The molecule has 0 N–H and O–H groups in total. The first kappa shape index (κ1) is 5.96. The summed E-state index contributed by atoms with van der Waals surface area (Å²) in [4.78, 5) is 4.24. The topological polar surface area (TPSA) is 17.8 Å². The van der Waals surface area contributed by atoms with E-state index in [9.17, 15) is 0 Å². The first-order chi connectivity index (χ1) is 4.79. The van der Waals surface area contributed by atoms with Gasteiger partial charge in [-0.15, -0.1) is 0 Å². The second kappa shape index (κ2) is 1.84. The van der Waals surface area contributed by atoms with Crippen molar-refractivity contribution in [2.24, 2.45) is 0 Å². The van der Waals surface area contributed by atoms with Crippen molar-refractivity contribution in [1.82, 2.24) is 9.55 Å². The van der Waals surface area contributed by atoms with Gasteiger partial charge in [0.05, 0.1) is 0 Å². The van der Waals surface area contributed by atoms with Crippen molar-refractivity contribution in [3.63, 3.8) is 0 Å². The van der Waals surface area contributed by atoms with Crippen LogP contribution in [0.25, 0.3) is 0 Å². The molecular weight excluding hydrogens is 124 g/mol. The molecule has 0 atom stereocenters. The molecule has 0 aromatic carbocycles. The van der Waals surface area contributed by atoms with E-state index in [0.29, 0.717) is 0 Å². The molecule has 0 bridgehead atoms. The lowest BCUT2D eigenvalue weighted by Gasteiger charge is -2.03.